The van der Waals surface area contributed by atoms with Crippen LogP contribution in [0.2, 0.25) is 0 Å². The molecule has 80 valence electrons. The van der Waals surface area contributed by atoms with Crippen molar-refractivity contribution in [3.05, 3.63) is 36.4 Å². The van der Waals surface area contributed by atoms with E-state index in [0.717, 1.165) is 17.2 Å². The number of anilines is 2. The van der Waals surface area contributed by atoms with Crippen molar-refractivity contribution in [2.75, 3.05) is 5.32 Å². The van der Waals surface area contributed by atoms with Gasteiger partial charge in [0.05, 0.1) is 0 Å². The molecule has 3 aromatic heterocycles. The summed E-state index contributed by atoms with van der Waals surface area (Å²) in [7, 11) is 0. The number of hydrogen-bond acceptors (Lipinski definition) is 4. The molecule has 0 saturated carbocycles. The molecule has 0 fully saturated rings. The van der Waals surface area contributed by atoms with Crippen LogP contribution >= 0.6 is 0 Å². The first-order valence-electron chi connectivity index (χ1n) is 4.90. The largest absolute Gasteiger partial charge is 0.308 e. The molecule has 0 aliphatic heterocycles. The summed E-state index contributed by atoms with van der Waals surface area (Å²) in [5.74, 6) is 1.44. The highest BCUT2D eigenvalue weighted by Crippen LogP contribution is 2.13. The molecular weight excluding hydrogens is 204 g/mol. The second kappa shape index (κ2) is 3.34. The van der Waals surface area contributed by atoms with Crippen molar-refractivity contribution in [2.24, 2.45) is 0 Å². The Morgan fingerprint density at radius 3 is 3.12 bits per heavy atom. The van der Waals surface area contributed by atoms with Gasteiger partial charge in [0.2, 0.25) is 5.95 Å². The molecule has 0 bridgehead atoms. The van der Waals surface area contributed by atoms with Crippen LogP contribution in [-0.4, -0.2) is 24.6 Å². The van der Waals surface area contributed by atoms with E-state index in [-0.39, 0.29) is 0 Å². The molecule has 2 N–H and O–H groups in total. The molecular formula is C10H10N6. The molecule has 6 nitrogen and oxygen atoms in total. The predicted molar refractivity (Wildman–Crippen MR) is 59.6 cm³/mol. The Morgan fingerprint density at radius 2 is 2.31 bits per heavy atom. The monoisotopic (exact) mass is 214 g/mol. The molecule has 0 aromatic carbocycles. The summed E-state index contributed by atoms with van der Waals surface area (Å²) in [4.78, 5) is 8.30. The van der Waals surface area contributed by atoms with Gasteiger partial charge in [-0.3, -0.25) is 9.50 Å². The topological polar surface area (TPSA) is 70.9 Å². The average Bonchev–Trinajstić information content (AvgIpc) is 2.87. The molecule has 0 saturated heterocycles. The Balaban J connectivity index is 2.03. The van der Waals surface area contributed by atoms with Crippen molar-refractivity contribution >= 4 is 17.4 Å². The maximum absolute atomic E-state index is 4.17. The molecule has 0 aliphatic carbocycles. The highest BCUT2D eigenvalue weighted by molar-refractivity contribution is 5.52. The second-order valence-electron chi connectivity index (χ2n) is 3.49. The Bertz CT molecular complexity index is 623. The lowest BCUT2D eigenvalue weighted by Gasteiger charge is -2.03. The lowest BCUT2D eigenvalue weighted by atomic mass is 10.5. The van der Waals surface area contributed by atoms with Crippen LogP contribution in [0.5, 0.6) is 0 Å². The molecule has 3 rings (SSSR count). The number of nitrogens with zero attached hydrogens (tertiary/aromatic N) is 4. The summed E-state index contributed by atoms with van der Waals surface area (Å²) in [6.07, 6.45) is 3.42. The maximum Gasteiger partial charge on any atom is 0.215 e. The molecule has 0 amide bonds. The lowest BCUT2D eigenvalue weighted by Crippen LogP contribution is -2.01. The summed E-state index contributed by atoms with van der Waals surface area (Å²) < 4.78 is 1.87. The highest BCUT2D eigenvalue weighted by Gasteiger charge is 2.03. The quantitative estimate of drug-likeness (QED) is 0.678. The fraction of sp³-hybridized carbons (Fsp3) is 0.100. The van der Waals surface area contributed by atoms with E-state index in [1.54, 1.807) is 0 Å². The molecule has 16 heavy (non-hydrogen) atoms. The number of hydrogen-bond donors (Lipinski definition) is 2. The smallest absolute Gasteiger partial charge is 0.215 e. The lowest BCUT2D eigenvalue weighted by molar-refractivity contribution is 1.01. The normalized spacial score (nSPS) is 10.8. The number of H-pyrrole nitrogens is 1. The number of aromatic amines is 1. The van der Waals surface area contributed by atoms with Gasteiger partial charge in [-0.15, -0.1) is 0 Å². The molecule has 3 aromatic rings. The number of aryl methyl sites for hydroxylation is 1. The maximum atomic E-state index is 4.17. The van der Waals surface area contributed by atoms with Crippen molar-refractivity contribution < 1.29 is 0 Å². The Labute approximate surface area is 91.4 Å². The summed E-state index contributed by atoms with van der Waals surface area (Å²) in [6.45, 7) is 1.95. The van der Waals surface area contributed by atoms with Gasteiger partial charge in [0.15, 0.2) is 5.82 Å². The van der Waals surface area contributed by atoms with Crippen molar-refractivity contribution in [3.63, 3.8) is 0 Å². The second-order valence-corrected chi connectivity index (χ2v) is 3.49. The van der Waals surface area contributed by atoms with Crippen molar-refractivity contribution in [1.82, 2.24) is 24.6 Å². The standard InChI is InChI=1S/C10H10N6/c1-7-5-8(15-14-7)13-10-12-6-11-9-3-2-4-16(9)10/h2-6H,1H3,(H2,11,12,13,14,15). The molecule has 0 spiro atoms. The third-order valence-corrected chi connectivity index (χ3v) is 2.27. The van der Waals surface area contributed by atoms with Crippen molar-refractivity contribution in [1.29, 1.82) is 0 Å². The highest BCUT2D eigenvalue weighted by atomic mass is 15.3. The van der Waals surface area contributed by atoms with Crippen LogP contribution in [0.25, 0.3) is 5.65 Å². The van der Waals surface area contributed by atoms with E-state index < -0.39 is 0 Å². The molecule has 0 unspecified atom stereocenters. The summed E-state index contributed by atoms with van der Waals surface area (Å²) >= 11 is 0. The van der Waals surface area contributed by atoms with Crippen LogP contribution in [0.15, 0.2) is 30.7 Å². The summed E-state index contributed by atoms with van der Waals surface area (Å²) in [6, 6.07) is 5.76. The minimum atomic E-state index is 0.696. The Kier molecular flexibility index (Phi) is 1.86. The van der Waals surface area contributed by atoms with Crippen molar-refractivity contribution in [3.8, 4) is 0 Å². The number of nitrogens with one attached hydrogen (secondary N) is 2. The van der Waals surface area contributed by atoms with E-state index in [1.165, 1.54) is 6.33 Å². The van der Waals surface area contributed by atoms with Crippen LogP contribution in [0.3, 0.4) is 0 Å². The minimum absolute atomic E-state index is 0.696. The first kappa shape index (κ1) is 8.90. The first-order chi connectivity index (χ1) is 7.83. The summed E-state index contributed by atoms with van der Waals surface area (Å²) in [5.41, 5.74) is 1.85. The van der Waals surface area contributed by atoms with Crippen LogP contribution < -0.4 is 5.32 Å². The molecule has 3 heterocycles. The van der Waals surface area contributed by atoms with Crippen LogP contribution in [0, 0.1) is 6.92 Å². The number of rotatable bonds is 2. The third-order valence-electron chi connectivity index (χ3n) is 2.27. The van der Waals surface area contributed by atoms with Gasteiger partial charge >= 0.3 is 0 Å². The Hall–Kier alpha value is -2.37. The van der Waals surface area contributed by atoms with E-state index in [0.29, 0.717) is 5.95 Å². The van der Waals surface area contributed by atoms with Gasteiger partial charge in [-0.1, -0.05) is 0 Å². The van der Waals surface area contributed by atoms with E-state index >= 15 is 0 Å². The fourth-order valence-corrected chi connectivity index (χ4v) is 1.55. The van der Waals surface area contributed by atoms with Gasteiger partial charge in [-0.05, 0) is 19.1 Å². The zero-order valence-corrected chi connectivity index (χ0v) is 8.68. The van der Waals surface area contributed by atoms with Crippen LogP contribution in [0.4, 0.5) is 11.8 Å². The predicted octanol–water partition coefficient (Wildman–Crippen LogP) is 1.50. The van der Waals surface area contributed by atoms with Gasteiger partial charge in [-0.2, -0.15) is 5.10 Å². The minimum Gasteiger partial charge on any atom is -0.308 e. The van der Waals surface area contributed by atoms with Crippen LogP contribution in [-0.2, 0) is 0 Å². The van der Waals surface area contributed by atoms with E-state index in [2.05, 4.69) is 25.5 Å². The van der Waals surface area contributed by atoms with E-state index in [4.69, 9.17) is 0 Å². The molecule has 6 heteroatoms. The first-order valence-corrected chi connectivity index (χ1v) is 4.90. The SMILES string of the molecule is Cc1cc(Nc2ncnc3cccn23)n[nH]1. The zero-order chi connectivity index (χ0) is 11.0. The summed E-state index contributed by atoms with van der Waals surface area (Å²) in [5, 5.41) is 10.1. The van der Waals surface area contributed by atoms with E-state index in [1.807, 2.05) is 35.7 Å². The van der Waals surface area contributed by atoms with Crippen LogP contribution in [0.1, 0.15) is 5.69 Å². The van der Waals surface area contributed by atoms with Gasteiger partial charge in [0.1, 0.15) is 12.0 Å². The fourth-order valence-electron chi connectivity index (χ4n) is 1.55. The third kappa shape index (κ3) is 1.40. The average molecular weight is 214 g/mol. The van der Waals surface area contributed by atoms with Gasteiger partial charge < -0.3 is 5.32 Å². The number of fused-ring (bicyclic) bond motifs is 1. The molecule has 0 aliphatic rings. The van der Waals surface area contributed by atoms with Gasteiger partial charge in [0.25, 0.3) is 0 Å². The number of aromatic nitrogens is 5. The van der Waals surface area contributed by atoms with Gasteiger partial charge in [-0.25, -0.2) is 9.97 Å². The van der Waals surface area contributed by atoms with E-state index in [9.17, 15) is 0 Å². The Morgan fingerprint density at radius 1 is 1.38 bits per heavy atom. The molecule has 0 atom stereocenters. The molecule has 0 radical (unpaired) electrons. The van der Waals surface area contributed by atoms with Gasteiger partial charge in [0, 0.05) is 18.0 Å². The van der Waals surface area contributed by atoms with Crippen molar-refractivity contribution in [2.45, 2.75) is 6.92 Å². The zero-order valence-electron chi connectivity index (χ0n) is 8.68.